The smallest absolute Gasteiger partial charge is 0.169 e. The number of rotatable bonds is 9. The number of halogens is 1. The summed E-state index contributed by atoms with van der Waals surface area (Å²) in [6.07, 6.45) is 0.884. The molecule has 132 valence electrons. The maximum Gasteiger partial charge on any atom is 0.169 e. The van der Waals surface area contributed by atoms with E-state index in [9.17, 15) is 4.39 Å². The molecule has 0 N–H and O–H groups in total. The van der Waals surface area contributed by atoms with E-state index < -0.39 is 0 Å². The predicted molar refractivity (Wildman–Crippen MR) is 98.8 cm³/mol. The molecule has 3 rings (SSSR count). The molecule has 0 unspecified atom stereocenters. The van der Waals surface area contributed by atoms with Gasteiger partial charge in [0.1, 0.15) is 11.6 Å². The number of aromatic nitrogens is 2. The van der Waals surface area contributed by atoms with Gasteiger partial charge in [-0.1, -0.05) is 23.9 Å². The third kappa shape index (κ3) is 4.74. The van der Waals surface area contributed by atoms with E-state index in [-0.39, 0.29) is 5.82 Å². The lowest BCUT2D eigenvalue weighted by molar-refractivity contribution is 0.186. The molecule has 0 aliphatic rings. The Morgan fingerprint density at radius 3 is 2.68 bits per heavy atom. The first-order valence-corrected chi connectivity index (χ1v) is 9.22. The Morgan fingerprint density at radius 1 is 1.08 bits per heavy atom. The molecule has 0 saturated carbocycles. The van der Waals surface area contributed by atoms with Crippen molar-refractivity contribution in [1.82, 2.24) is 9.55 Å². The van der Waals surface area contributed by atoms with Crippen LogP contribution in [-0.4, -0.2) is 35.6 Å². The van der Waals surface area contributed by atoms with Crippen molar-refractivity contribution < 1.29 is 13.9 Å². The number of para-hydroxylation sites is 2. The van der Waals surface area contributed by atoms with Crippen LogP contribution >= 0.6 is 11.8 Å². The lowest BCUT2D eigenvalue weighted by atomic mass is 10.3. The normalized spacial score (nSPS) is 11.1. The van der Waals surface area contributed by atoms with Crippen LogP contribution in [0.5, 0.6) is 5.75 Å². The largest absolute Gasteiger partial charge is 0.494 e. The Balaban J connectivity index is 1.54. The second kappa shape index (κ2) is 8.87. The summed E-state index contributed by atoms with van der Waals surface area (Å²) in [7, 11) is 1.71. The van der Waals surface area contributed by atoms with Crippen LogP contribution in [0.4, 0.5) is 4.39 Å². The van der Waals surface area contributed by atoms with E-state index in [1.807, 2.05) is 18.2 Å². The highest BCUT2D eigenvalue weighted by atomic mass is 32.2. The molecule has 0 radical (unpaired) electrons. The third-order valence-corrected chi connectivity index (χ3v) is 4.80. The van der Waals surface area contributed by atoms with Gasteiger partial charge in [0.15, 0.2) is 5.16 Å². The zero-order valence-electron chi connectivity index (χ0n) is 14.2. The number of methoxy groups -OCH3 is 1. The molecule has 0 aliphatic heterocycles. The number of imidazole rings is 1. The van der Waals surface area contributed by atoms with Crippen molar-refractivity contribution in [2.24, 2.45) is 0 Å². The van der Waals surface area contributed by atoms with Crippen LogP contribution in [-0.2, 0) is 11.3 Å². The lowest BCUT2D eigenvalue weighted by Crippen LogP contribution is -2.06. The van der Waals surface area contributed by atoms with E-state index in [0.717, 1.165) is 34.9 Å². The number of fused-ring (bicyclic) bond motifs is 1. The third-order valence-electron chi connectivity index (χ3n) is 3.74. The van der Waals surface area contributed by atoms with Crippen LogP contribution in [0.25, 0.3) is 11.0 Å². The van der Waals surface area contributed by atoms with Gasteiger partial charge in [0.05, 0.1) is 24.2 Å². The van der Waals surface area contributed by atoms with Crippen molar-refractivity contribution in [2.75, 3.05) is 26.1 Å². The molecule has 0 aliphatic carbocycles. The number of thioether (sulfide) groups is 1. The van der Waals surface area contributed by atoms with E-state index in [1.165, 1.54) is 12.1 Å². The number of ether oxygens (including phenoxy) is 2. The second-order valence-corrected chi connectivity index (χ2v) is 6.59. The molecule has 6 heteroatoms. The first kappa shape index (κ1) is 17.8. The van der Waals surface area contributed by atoms with Crippen molar-refractivity contribution in [1.29, 1.82) is 0 Å². The molecule has 0 amide bonds. The highest BCUT2D eigenvalue weighted by Gasteiger charge is 2.10. The van der Waals surface area contributed by atoms with Crippen LogP contribution < -0.4 is 4.74 Å². The summed E-state index contributed by atoms with van der Waals surface area (Å²) in [6, 6.07) is 14.2. The highest BCUT2D eigenvalue weighted by Crippen LogP contribution is 2.24. The monoisotopic (exact) mass is 360 g/mol. The number of hydrogen-bond donors (Lipinski definition) is 0. The highest BCUT2D eigenvalue weighted by molar-refractivity contribution is 7.99. The van der Waals surface area contributed by atoms with Gasteiger partial charge in [-0.05, 0) is 42.8 Å². The molecule has 3 aromatic rings. The Bertz CT molecular complexity index is 805. The summed E-state index contributed by atoms with van der Waals surface area (Å²) < 4.78 is 25.9. The number of hydrogen-bond acceptors (Lipinski definition) is 4. The summed E-state index contributed by atoms with van der Waals surface area (Å²) in [5, 5.41) is 1.00. The van der Waals surface area contributed by atoms with Gasteiger partial charge in [0.2, 0.25) is 0 Å². The van der Waals surface area contributed by atoms with Gasteiger partial charge in [-0.25, -0.2) is 9.37 Å². The maximum absolute atomic E-state index is 12.9. The van der Waals surface area contributed by atoms with Gasteiger partial charge >= 0.3 is 0 Å². The zero-order chi connectivity index (χ0) is 17.5. The van der Waals surface area contributed by atoms with E-state index >= 15 is 0 Å². The summed E-state index contributed by atoms with van der Waals surface area (Å²) in [5.74, 6) is 1.34. The Labute approximate surface area is 151 Å². The van der Waals surface area contributed by atoms with Gasteiger partial charge in [-0.3, -0.25) is 0 Å². The number of benzene rings is 2. The molecular weight excluding hydrogens is 339 g/mol. The van der Waals surface area contributed by atoms with Gasteiger partial charge in [-0.15, -0.1) is 0 Å². The average Bonchev–Trinajstić information content (AvgIpc) is 2.98. The summed E-state index contributed by atoms with van der Waals surface area (Å²) in [5.41, 5.74) is 2.13. The zero-order valence-corrected chi connectivity index (χ0v) is 15.0. The molecule has 0 atom stereocenters. The number of nitrogens with zero attached hydrogens (tertiary/aromatic N) is 2. The molecule has 0 spiro atoms. The molecular formula is C19H21FN2O2S. The summed E-state index contributed by atoms with van der Waals surface area (Å²) in [4.78, 5) is 4.72. The summed E-state index contributed by atoms with van der Waals surface area (Å²) >= 11 is 1.72. The van der Waals surface area contributed by atoms with Gasteiger partial charge in [0, 0.05) is 19.4 Å². The predicted octanol–water partition coefficient (Wildman–Crippen LogP) is 4.38. The molecule has 0 fully saturated rings. The van der Waals surface area contributed by atoms with Crippen molar-refractivity contribution in [3.63, 3.8) is 0 Å². The SMILES string of the molecule is COCCn1c(SCCCOc2ccc(F)cc2)nc2ccccc21. The molecule has 25 heavy (non-hydrogen) atoms. The summed E-state index contributed by atoms with van der Waals surface area (Å²) in [6.45, 7) is 2.03. The van der Waals surface area contributed by atoms with E-state index in [1.54, 1.807) is 31.0 Å². The quantitative estimate of drug-likeness (QED) is 0.419. The average molecular weight is 360 g/mol. The topological polar surface area (TPSA) is 36.3 Å². The second-order valence-electron chi connectivity index (χ2n) is 5.53. The first-order valence-electron chi connectivity index (χ1n) is 8.23. The Hall–Kier alpha value is -2.05. The maximum atomic E-state index is 12.9. The van der Waals surface area contributed by atoms with Gasteiger partial charge < -0.3 is 14.0 Å². The Kier molecular flexibility index (Phi) is 6.30. The van der Waals surface area contributed by atoms with E-state index in [0.29, 0.717) is 19.0 Å². The van der Waals surface area contributed by atoms with E-state index in [2.05, 4.69) is 10.6 Å². The molecule has 0 bridgehead atoms. The van der Waals surface area contributed by atoms with Crippen LogP contribution in [0, 0.1) is 5.82 Å². The fraction of sp³-hybridized carbons (Fsp3) is 0.316. The van der Waals surface area contributed by atoms with Gasteiger partial charge in [-0.2, -0.15) is 0 Å². The molecule has 1 aromatic heterocycles. The van der Waals surface area contributed by atoms with Gasteiger partial charge in [0.25, 0.3) is 0 Å². The van der Waals surface area contributed by atoms with Crippen molar-refractivity contribution in [3.05, 3.63) is 54.3 Å². The standard InChI is InChI=1S/C19H21FN2O2S/c1-23-13-11-22-18-6-3-2-5-17(18)21-19(22)25-14-4-12-24-16-9-7-15(20)8-10-16/h2-3,5-10H,4,11-14H2,1H3. The first-order chi connectivity index (χ1) is 12.3. The van der Waals surface area contributed by atoms with Crippen LogP contribution in [0.15, 0.2) is 53.7 Å². The fourth-order valence-corrected chi connectivity index (χ4v) is 3.46. The van der Waals surface area contributed by atoms with Crippen molar-refractivity contribution >= 4 is 22.8 Å². The van der Waals surface area contributed by atoms with Crippen LogP contribution in [0.3, 0.4) is 0 Å². The van der Waals surface area contributed by atoms with Crippen LogP contribution in [0.1, 0.15) is 6.42 Å². The van der Waals surface area contributed by atoms with Crippen molar-refractivity contribution in [2.45, 2.75) is 18.1 Å². The lowest BCUT2D eigenvalue weighted by Gasteiger charge is -2.09. The molecule has 1 heterocycles. The Morgan fingerprint density at radius 2 is 1.88 bits per heavy atom. The van der Waals surface area contributed by atoms with Crippen LogP contribution in [0.2, 0.25) is 0 Å². The minimum absolute atomic E-state index is 0.252. The van der Waals surface area contributed by atoms with E-state index in [4.69, 9.17) is 14.5 Å². The molecule has 2 aromatic carbocycles. The van der Waals surface area contributed by atoms with Crippen molar-refractivity contribution in [3.8, 4) is 5.75 Å². The molecule has 0 saturated heterocycles. The minimum atomic E-state index is -0.252. The fourth-order valence-electron chi connectivity index (χ4n) is 2.51. The minimum Gasteiger partial charge on any atom is -0.494 e. The molecule has 4 nitrogen and oxygen atoms in total.